The third-order valence-corrected chi connectivity index (χ3v) is 5.00. The van der Waals surface area contributed by atoms with Gasteiger partial charge in [-0.2, -0.15) is 0 Å². The lowest BCUT2D eigenvalue weighted by molar-refractivity contribution is 0.469. The second kappa shape index (κ2) is 5.37. The van der Waals surface area contributed by atoms with Crippen LogP contribution in [0.3, 0.4) is 0 Å². The number of benzene rings is 1. The molecule has 0 saturated heterocycles. The van der Waals surface area contributed by atoms with E-state index in [0.717, 1.165) is 5.89 Å². The first-order chi connectivity index (χ1) is 9.24. The van der Waals surface area contributed by atoms with Crippen molar-refractivity contribution in [3.63, 3.8) is 0 Å². The Bertz CT molecular complexity index is 567. The van der Waals surface area contributed by atoms with Crippen molar-refractivity contribution in [3.8, 4) is 0 Å². The number of rotatable bonds is 3. The molecule has 100 valence electrons. The van der Waals surface area contributed by atoms with Crippen molar-refractivity contribution in [1.29, 1.82) is 0 Å². The molecular formula is C15H18N2OS. The van der Waals surface area contributed by atoms with Crippen LogP contribution in [0, 0.1) is 6.92 Å². The fourth-order valence-corrected chi connectivity index (χ4v) is 4.02. The molecule has 0 spiro atoms. The van der Waals surface area contributed by atoms with Crippen molar-refractivity contribution in [2.45, 2.75) is 43.6 Å². The number of aromatic nitrogens is 2. The average molecular weight is 274 g/mol. The number of aryl methyl sites for hydroxylation is 2. The molecule has 0 bridgehead atoms. The van der Waals surface area contributed by atoms with Gasteiger partial charge in [-0.05, 0) is 37.3 Å². The molecule has 0 radical (unpaired) electrons. The third-order valence-electron chi connectivity index (χ3n) is 3.57. The minimum absolute atomic E-state index is 0.248. The van der Waals surface area contributed by atoms with Gasteiger partial charge in [-0.1, -0.05) is 24.3 Å². The topological polar surface area (TPSA) is 38.9 Å². The summed E-state index contributed by atoms with van der Waals surface area (Å²) in [5, 5.41) is 8.84. The summed E-state index contributed by atoms with van der Waals surface area (Å²) in [4.78, 5) is 0. The molecule has 3 rings (SSSR count). The van der Waals surface area contributed by atoms with Gasteiger partial charge < -0.3 is 4.42 Å². The van der Waals surface area contributed by atoms with E-state index in [4.69, 9.17) is 4.42 Å². The first-order valence-corrected chi connectivity index (χ1v) is 7.71. The zero-order valence-electron chi connectivity index (χ0n) is 11.3. The highest BCUT2D eigenvalue weighted by atomic mass is 32.2. The van der Waals surface area contributed by atoms with Crippen LogP contribution in [0.4, 0.5) is 0 Å². The second-order valence-corrected chi connectivity index (χ2v) is 6.57. The molecule has 4 heteroatoms. The van der Waals surface area contributed by atoms with Gasteiger partial charge >= 0.3 is 0 Å². The second-order valence-electron chi connectivity index (χ2n) is 5.02. The monoisotopic (exact) mass is 274 g/mol. The Morgan fingerprint density at radius 1 is 1.32 bits per heavy atom. The molecule has 1 aliphatic carbocycles. The standard InChI is InChI=1S/C15H18N2OS/c1-10(15-17-16-11(2)18-15)19-14-9-5-7-12-6-3-4-8-13(12)14/h3-4,6,8,10,14H,5,7,9H2,1-2H3/t10-,14-/m0/s1. The Labute approximate surface area is 117 Å². The van der Waals surface area contributed by atoms with Crippen LogP contribution in [0.5, 0.6) is 0 Å². The third kappa shape index (κ3) is 2.68. The molecule has 1 aliphatic rings. The lowest BCUT2D eigenvalue weighted by Crippen LogP contribution is -2.08. The summed E-state index contributed by atoms with van der Waals surface area (Å²) in [5.74, 6) is 1.39. The number of thioether (sulfide) groups is 1. The van der Waals surface area contributed by atoms with E-state index in [9.17, 15) is 0 Å². The van der Waals surface area contributed by atoms with Crippen LogP contribution in [0.1, 0.15) is 53.2 Å². The first kappa shape index (κ1) is 12.7. The van der Waals surface area contributed by atoms with Crippen molar-refractivity contribution >= 4 is 11.8 Å². The molecular weight excluding hydrogens is 256 g/mol. The summed E-state index contributed by atoms with van der Waals surface area (Å²) in [6, 6.07) is 8.79. The lowest BCUT2D eigenvalue weighted by Gasteiger charge is -2.26. The number of fused-ring (bicyclic) bond motifs is 1. The Balaban J connectivity index is 1.77. The van der Waals surface area contributed by atoms with Crippen LogP contribution in [0.25, 0.3) is 0 Å². The molecule has 19 heavy (non-hydrogen) atoms. The smallest absolute Gasteiger partial charge is 0.229 e. The van der Waals surface area contributed by atoms with E-state index >= 15 is 0 Å². The maximum Gasteiger partial charge on any atom is 0.229 e. The van der Waals surface area contributed by atoms with E-state index in [-0.39, 0.29) is 5.25 Å². The largest absolute Gasteiger partial charge is 0.424 e. The van der Waals surface area contributed by atoms with Gasteiger partial charge in [0.1, 0.15) is 0 Å². The molecule has 2 atom stereocenters. The van der Waals surface area contributed by atoms with Crippen LogP contribution < -0.4 is 0 Å². The maximum atomic E-state index is 5.53. The molecule has 3 nitrogen and oxygen atoms in total. The van der Waals surface area contributed by atoms with Crippen LogP contribution in [0.2, 0.25) is 0 Å². The zero-order chi connectivity index (χ0) is 13.2. The van der Waals surface area contributed by atoms with Gasteiger partial charge in [-0.15, -0.1) is 22.0 Å². The minimum Gasteiger partial charge on any atom is -0.424 e. The van der Waals surface area contributed by atoms with Crippen molar-refractivity contribution < 1.29 is 4.42 Å². The summed E-state index contributed by atoms with van der Waals surface area (Å²) in [6.45, 7) is 3.98. The minimum atomic E-state index is 0.248. The van der Waals surface area contributed by atoms with E-state index in [1.54, 1.807) is 0 Å². The molecule has 1 aromatic heterocycles. The predicted octanol–water partition coefficient (Wildman–Crippen LogP) is 4.25. The van der Waals surface area contributed by atoms with Crippen molar-refractivity contribution in [2.75, 3.05) is 0 Å². The molecule has 1 heterocycles. The summed E-state index contributed by atoms with van der Waals surface area (Å²) >= 11 is 1.93. The van der Waals surface area contributed by atoms with E-state index in [1.165, 1.54) is 30.4 Å². The molecule has 2 aromatic rings. The molecule has 0 aliphatic heterocycles. The molecule has 0 unspecified atom stereocenters. The van der Waals surface area contributed by atoms with Crippen molar-refractivity contribution in [3.05, 3.63) is 47.2 Å². The number of hydrogen-bond acceptors (Lipinski definition) is 4. The van der Waals surface area contributed by atoms with Gasteiger partial charge in [0, 0.05) is 12.2 Å². The highest BCUT2D eigenvalue weighted by molar-refractivity contribution is 7.99. The average Bonchev–Trinajstić information content (AvgIpc) is 2.86. The molecule has 0 amide bonds. The van der Waals surface area contributed by atoms with Gasteiger partial charge in [0.25, 0.3) is 0 Å². The molecule has 0 saturated carbocycles. The van der Waals surface area contributed by atoms with Crippen LogP contribution in [-0.4, -0.2) is 10.2 Å². The summed E-state index contributed by atoms with van der Waals surface area (Å²) in [5.41, 5.74) is 2.99. The van der Waals surface area contributed by atoms with Crippen LogP contribution >= 0.6 is 11.8 Å². The number of nitrogens with zero attached hydrogens (tertiary/aromatic N) is 2. The Morgan fingerprint density at radius 2 is 2.16 bits per heavy atom. The fourth-order valence-electron chi connectivity index (χ4n) is 2.63. The molecule has 0 fully saturated rings. The normalized spacial score (nSPS) is 20.0. The summed E-state index contributed by atoms with van der Waals surface area (Å²) in [7, 11) is 0. The predicted molar refractivity (Wildman–Crippen MR) is 77.2 cm³/mol. The van der Waals surface area contributed by atoms with E-state index in [2.05, 4.69) is 41.4 Å². The zero-order valence-corrected chi connectivity index (χ0v) is 12.1. The van der Waals surface area contributed by atoms with Crippen LogP contribution in [-0.2, 0) is 6.42 Å². The van der Waals surface area contributed by atoms with Gasteiger partial charge in [0.05, 0.1) is 5.25 Å². The quantitative estimate of drug-likeness (QED) is 0.838. The van der Waals surface area contributed by atoms with Gasteiger partial charge in [0.15, 0.2) is 0 Å². The summed E-state index contributed by atoms with van der Waals surface area (Å²) in [6.07, 6.45) is 3.71. The van der Waals surface area contributed by atoms with E-state index in [0.29, 0.717) is 11.1 Å². The number of hydrogen-bond donors (Lipinski definition) is 0. The summed E-state index contributed by atoms with van der Waals surface area (Å²) < 4.78 is 5.53. The van der Waals surface area contributed by atoms with Gasteiger partial charge in [-0.25, -0.2) is 0 Å². The van der Waals surface area contributed by atoms with Crippen LogP contribution in [0.15, 0.2) is 28.7 Å². The Hall–Kier alpha value is -1.29. The fraction of sp³-hybridized carbons (Fsp3) is 0.467. The highest BCUT2D eigenvalue weighted by Crippen LogP contribution is 2.45. The Kier molecular flexibility index (Phi) is 3.60. The SMILES string of the molecule is Cc1nnc([C@H](C)S[C@H]2CCCc3ccccc32)o1. The lowest BCUT2D eigenvalue weighted by atomic mass is 9.91. The molecule has 0 N–H and O–H groups in total. The van der Waals surface area contributed by atoms with E-state index < -0.39 is 0 Å². The van der Waals surface area contributed by atoms with Crippen molar-refractivity contribution in [2.24, 2.45) is 0 Å². The first-order valence-electron chi connectivity index (χ1n) is 6.77. The van der Waals surface area contributed by atoms with E-state index in [1.807, 2.05) is 18.7 Å². The van der Waals surface area contributed by atoms with Crippen molar-refractivity contribution in [1.82, 2.24) is 10.2 Å². The highest BCUT2D eigenvalue weighted by Gasteiger charge is 2.24. The Morgan fingerprint density at radius 3 is 2.95 bits per heavy atom. The van der Waals surface area contributed by atoms with Gasteiger partial charge in [-0.3, -0.25) is 0 Å². The maximum absolute atomic E-state index is 5.53. The van der Waals surface area contributed by atoms with Gasteiger partial charge in [0.2, 0.25) is 11.8 Å². The molecule has 1 aromatic carbocycles.